The van der Waals surface area contributed by atoms with E-state index in [-0.39, 0.29) is 5.60 Å². The molecule has 0 bridgehead atoms. The van der Waals surface area contributed by atoms with Crippen LogP contribution in [0.25, 0.3) is 0 Å². The second-order valence-electron chi connectivity index (χ2n) is 3.07. The van der Waals surface area contributed by atoms with E-state index in [4.69, 9.17) is 4.74 Å². The molecule has 0 aromatic carbocycles. The van der Waals surface area contributed by atoms with Gasteiger partial charge in [0.25, 0.3) is 0 Å². The van der Waals surface area contributed by atoms with Crippen molar-refractivity contribution in [2.24, 2.45) is 5.92 Å². The van der Waals surface area contributed by atoms with E-state index in [9.17, 15) is 4.79 Å². The molecule has 0 amide bonds. The number of hydrogen-bond acceptors (Lipinski definition) is 2. The van der Waals surface area contributed by atoms with Crippen molar-refractivity contribution >= 4 is 5.78 Å². The normalized spacial score (nSPS) is 48.6. The van der Waals surface area contributed by atoms with Crippen molar-refractivity contribution in [1.29, 1.82) is 0 Å². The van der Waals surface area contributed by atoms with E-state index >= 15 is 0 Å². The molecule has 2 aliphatic rings. The van der Waals surface area contributed by atoms with Gasteiger partial charge in [0.05, 0.1) is 0 Å². The van der Waals surface area contributed by atoms with Crippen LogP contribution >= 0.6 is 0 Å². The number of ether oxygens (including phenoxy) is 1. The zero-order chi connectivity index (χ0) is 6.48. The highest BCUT2D eigenvalue weighted by molar-refractivity contribution is 5.94. The van der Waals surface area contributed by atoms with Gasteiger partial charge in [0.15, 0.2) is 5.78 Å². The average molecular weight is 126 g/mol. The molecule has 0 N–H and O–H groups in total. The number of Topliss-reactive ketones (excluding diaryl/α,β-unsaturated/α-hetero) is 1. The van der Waals surface area contributed by atoms with Gasteiger partial charge in [-0.15, -0.1) is 0 Å². The van der Waals surface area contributed by atoms with Gasteiger partial charge in [-0.2, -0.15) is 0 Å². The summed E-state index contributed by atoms with van der Waals surface area (Å²) in [6.45, 7) is 2.70. The second kappa shape index (κ2) is 1.37. The van der Waals surface area contributed by atoms with Crippen molar-refractivity contribution in [3.63, 3.8) is 0 Å². The van der Waals surface area contributed by atoms with Crippen LogP contribution in [0.1, 0.15) is 19.8 Å². The molecule has 50 valence electrons. The summed E-state index contributed by atoms with van der Waals surface area (Å²) in [4.78, 5) is 10.9. The van der Waals surface area contributed by atoms with Crippen LogP contribution in [-0.2, 0) is 9.53 Å². The van der Waals surface area contributed by atoms with Crippen LogP contribution in [0.3, 0.4) is 0 Å². The maximum Gasteiger partial charge on any atom is 0.165 e. The zero-order valence-corrected chi connectivity index (χ0v) is 5.52. The van der Waals surface area contributed by atoms with Crippen molar-refractivity contribution in [1.82, 2.24) is 0 Å². The minimum atomic E-state index is -0.347. The standard InChI is InChI=1S/C7H10O2/c1-7-5(2-3-9-7)4-6(7)8/h5H,2-4H2,1H3/t5-,7-/m0/s1. The molecule has 0 radical (unpaired) electrons. The Morgan fingerprint density at radius 3 is 3.00 bits per heavy atom. The van der Waals surface area contributed by atoms with Gasteiger partial charge in [-0.25, -0.2) is 0 Å². The van der Waals surface area contributed by atoms with E-state index in [1.165, 1.54) is 0 Å². The van der Waals surface area contributed by atoms with E-state index in [0.717, 1.165) is 19.4 Å². The smallest absolute Gasteiger partial charge is 0.165 e. The molecule has 2 atom stereocenters. The van der Waals surface area contributed by atoms with Gasteiger partial charge in [0.1, 0.15) is 5.60 Å². The van der Waals surface area contributed by atoms with Gasteiger partial charge in [0, 0.05) is 18.9 Å². The van der Waals surface area contributed by atoms with Crippen LogP contribution in [-0.4, -0.2) is 18.0 Å². The van der Waals surface area contributed by atoms with Crippen molar-refractivity contribution in [3.05, 3.63) is 0 Å². The quantitative estimate of drug-likeness (QED) is 0.479. The first kappa shape index (κ1) is 5.42. The molecule has 2 heteroatoms. The van der Waals surface area contributed by atoms with Gasteiger partial charge >= 0.3 is 0 Å². The predicted molar refractivity (Wildman–Crippen MR) is 32.1 cm³/mol. The van der Waals surface area contributed by atoms with Crippen molar-refractivity contribution in [2.45, 2.75) is 25.4 Å². The summed E-state index contributed by atoms with van der Waals surface area (Å²) >= 11 is 0. The first-order valence-corrected chi connectivity index (χ1v) is 3.41. The molecule has 0 aromatic heterocycles. The Morgan fingerprint density at radius 2 is 2.56 bits per heavy atom. The fraction of sp³-hybridized carbons (Fsp3) is 0.857. The van der Waals surface area contributed by atoms with Crippen LogP contribution in [0.15, 0.2) is 0 Å². The molecule has 1 saturated carbocycles. The van der Waals surface area contributed by atoms with Crippen molar-refractivity contribution < 1.29 is 9.53 Å². The molecule has 0 spiro atoms. The molecule has 1 saturated heterocycles. The Bertz CT molecular complexity index is 164. The molecule has 2 rings (SSSR count). The first-order valence-electron chi connectivity index (χ1n) is 3.41. The van der Waals surface area contributed by atoms with E-state index in [1.54, 1.807) is 0 Å². The fourth-order valence-electron chi connectivity index (χ4n) is 1.71. The largest absolute Gasteiger partial charge is 0.367 e. The lowest BCUT2D eigenvalue weighted by atomic mass is 9.70. The molecule has 1 aliphatic carbocycles. The molecule has 2 fully saturated rings. The summed E-state index contributed by atoms with van der Waals surface area (Å²) in [6.07, 6.45) is 1.85. The lowest BCUT2D eigenvalue weighted by Gasteiger charge is -2.37. The van der Waals surface area contributed by atoms with Gasteiger partial charge < -0.3 is 4.74 Å². The number of fused-ring (bicyclic) bond motifs is 1. The molecule has 2 nitrogen and oxygen atoms in total. The third-order valence-corrected chi connectivity index (χ3v) is 2.63. The average Bonchev–Trinajstić information content (AvgIpc) is 2.11. The van der Waals surface area contributed by atoms with Crippen LogP contribution in [0.5, 0.6) is 0 Å². The van der Waals surface area contributed by atoms with Crippen molar-refractivity contribution in [3.8, 4) is 0 Å². The van der Waals surface area contributed by atoms with Gasteiger partial charge in [-0.1, -0.05) is 0 Å². The summed E-state index contributed by atoms with van der Waals surface area (Å²) in [5.41, 5.74) is -0.347. The van der Waals surface area contributed by atoms with E-state index < -0.39 is 0 Å². The zero-order valence-electron chi connectivity index (χ0n) is 5.52. The number of rotatable bonds is 0. The summed E-state index contributed by atoms with van der Waals surface area (Å²) in [7, 11) is 0. The molecular weight excluding hydrogens is 116 g/mol. The Labute approximate surface area is 54.2 Å². The third-order valence-electron chi connectivity index (χ3n) is 2.63. The molecule has 1 aliphatic heterocycles. The minimum absolute atomic E-state index is 0.296. The maximum absolute atomic E-state index is 10.9. The lowest BCUT2D eigenvalue weighted by Crippen LogP contribution is -2.51. The number of carbonyl (C=O) groups is 1. The van der Waals surface area contributed by atoms with Crippen molar-refractivity contribution in [2.75, 3.05) is 6.61 Å². The Morgan fingerprint density at radius 1 is 1.78 bits per heavy atom. The molecular formula is C7H10O2. The molecule has 1 heterocycles. The second-order valence-corrected chi connectivity index (χ2v) is 3.07. The number of carbonyl (C=O) groups excluding carboxylic acids is 1. The molecule has 9 heavy (non-hydrogen) atoms. The first-order chi connectivity index (χ1) is 4.23. The highest BCUT2D eigenvalue weighted by Gasteiger charge is 2.55. The molecule has 0 unspecified atom stereocenters. The van der Waals surface area contributed by atoms with Crippen LogP contribution < -0.4 is 0 Å². The number of ketones is 1. The van der Waals surface area contributed by atoms with Gasteiger partial charge in [-0.3, -0.25) is 4.79 Å². The van der Waals surface area contributed by atoms with E-state index in [0.29, 0.717) is 11.7 Å². The minimum Gasteiger partial charge on any atom is -0.367 e. The summed E-state index contributed by atoms with van der Waals surface area (Å²) in [5, 5.41) is 0. The Balaban J connectivity index is 2.25. The highest BCUT2D eigenvalue weighted by atomic mass is 16.5. The predicted octanol–water partition coefficient (Wildman–Crippen LogP) is 0.754. The highest BCUT2D eigenvalue weighted by Crippen LogP contribution is 2.44. The molecule has 0 aromatic rings. The van der Waals surface area contributed by atoms with Gasteiger partial charge in [0.2, 0.25) is 0 Å². The Hall–Kier alpha value is -0.370. The van der Waals surface area contributed by atoms with Crippen LogP contribution in [0, 0.1) is 5.92 Å². The SMILES string of the molecule is C[C@]12OCC[C@H]1CC2=O. The van der Waals surface area contributed by atoms with E-state index in [1.807, 2.05) is 6.92 Å². The topological polar surface area (TPSA) is 26.3 Å². The summed E-state index contributed by atoms with van der Waals surface area (Å²) in [6, 6.07) is 0. The monoisotopic (exact) mass is 126 g/mol. The third kappa shape index (κ3) is 0.472. The van der Waals surface area contributed by atoms with Crippen LogP contribution in [0.4, 0.5) is 0 Å². The Kier molecular flexibility index (Phi) is 0.826. The summed E-state index contributed by atoms with van der Waals surface area (Å²) in [5.74, 6) is 0.843. The number of hydrogen-bond donors (Lipinski definition) is 0. The maximum atomic E-state index is 10.9. The van der Waals surface area contributed by atoms with Crippen LogP contribution in [0.2, 0.25) is 0 Å². The summed E-state index contributed by atoms with van der Waals surface area (Å²) < 4.78 is 5.30. The lowest BCUT2D eigenvalue weighted by molar-refractivity contribution is -0.155. The van der Waals surface area contributed by atoms with E-state index in [2.05, 4.69) is 0 Å². The fourth-order valence-corrected chi connectivity index (χ4v) is 1.71. The van der Waals surface area contributed by atoms with Gasteiger partial charge in [-0.05, 0) is 13.3 Å².